The molecule has 0 radical (unpaired) electrons. The zero-order valence-corrected chi connectivity index (χ0v) is 19.5. The van der Waals surface area contributed by atoms with Crippen LogP contribution in [0.25, 0.3) is 32.8 Å². The molecule has 0 atom stereocenters. The zero-order chi connectivity index (χ0) is 23.6. The number of hydrogen-bond acceptors (Lipinski definition) is 4. The van der Waals surface area contributed by atoms with Gasteiger partial charge in [0, 0.05) is 34.4 Å². The summed E-state index contributed by atoms with van der Waals surface area (Å²) in [5.74, 6) is -0.208. The van der Waals surface area contributed by atoms with Crippen LogP contribution in [-0.4, -0.2) is 26.1 Å². The topological polar surface area (TPSA) is 63.7 Å². The smallest absolute Gasteiger partial charge is 0.246 e. The van der Waals surface area contributed by atoms with E-state index in [4.69, 9.17) is 0 Å². The van der Waals surface area contributed by atoms with Crippen LogP contribution in [0, 0.1) is 0 Å². The van der Waals surface area contributed by atoms with Crippen LogP contribution < -0.4 is 5.43 Å². The molecular weight excluding hydrogens is 454 g/mol. The zero-order valence-electron chi connectivity index (χ0n) is 18.7. The first-order chi connectivity index (χ1) is 17.3. The van der Waals surface area contributed by atoms with E-state index in [9.17, 15) is 4.79 Å². The van der Waals surface area contributed by atoms with Crippen molar-refractivity contribution in [1.29, 1.82) is 0 Å². The Balaban J connectivity index is 1.38. The maximum atomic E-state index is 12.6. The van der Waals surface area contributed by atoms with Crippen molar-refractivity contribution in [2.45, 2.75) is 6.42 Å². The number of imidazole rings is 1. The number of carbonyl (C=O) groups excluding carboxylic acids is 1. The highest BCUT2D eigenvalue weighted by Crippen LogP contribution is 2.35. The summed E-state index contributed by atoms with van der Waals surface area (Å²) in [5.41, 5.74) is 8.57. The molecule has 0 aliphatic rings. The minimum Gasteiger partial charge on any atom is -0.309 e. The van der Waals surface area contributed by atoms with Crippen molar-refractivity contribution in [2.75, 3.05) is 0 Å². The summed E-state index contributed by atoms with van der Waals surface area (Å²) in [7, 11) is 0. The fourth-order valence-corrected chi connectivity index (χ4v) is 5.07. The lowest BCUT2D eigenvalue weighted by molar-refractivity contribution is -0.120. The van der Waals surface area contributed by atoms with Gasteiger partial charge >= 0.3 is 0 Å². The summed E-state index contributed by atoms with van der Waals surface area (Å²) in [6, 6.07) is 28.8. The minimum atomic E-state index is -0.208. The fourth-order valence-electron chi connectivity index (χ4n) is 4.36. The molecule has 0 fully saturated rings. The first kappa shape index (κ1) is 21.1. The van der Waals surface area contributed by atoms with Gasteiger partial charge in [-0.1, -0.05) is 66.7 Å². The molecule has 3 heterocycles. The van der Waals surface area contributed by atoms with Gasteiger partial charge in [0.2, 0.25) is 5.91 Å². The van der Waals surface area contributed by atoms with E-state index in [2.05, 4.69) is 56.5 Å². The molecule has 0 saturated heterocycles. The number of aromatic nitrogens is 3. The normalized spacial score (nSPS) is 11.5. The Morgan fingerprint density at radius 1 is 0.971 bits per heavy atom. The van der Waals surface area contributed by atoms with Gasteiger partial charge in [-0.15, -0.1) is 11.3 Å². The van der Waals surface area contributed by atoms with Crippen LogP contribution in [0.2, 0.25) is 0 Å². The number of fused-ring (bicyclic) bond motifs is 2. The van der Waals surface area contributed by atoms with Crippen molar-refractivity contribution >= 4 is 39.3 Å². The standard InChI is InChI=1S/C28H21N5OS/c34-26(17-21-19-32-15-16-35-28(32)30-21)31-29-18-24-23-13-7-8-14-25(23)33(22-11-5-2-6-12-22)27(24)20-9-3-1-4-10-20/h1-16,18-19H,17H2,(H,31,34)/b29-18-. The molecular formula is C28H21N5OS. The number of nitrogens with zero attached hydrogens (tertiary/aromatic N) is 4. The van der Waals surface area contributed by atoms with Gasteiger partial charge in [0.25, 0.3) is 0 Å². The third-order valence-electron chi connectivity index (χ3n) is 5.84. The molecule has 170 valence electrons. The first-order valence-corrected chi connectivity index (χ1v) is 12.1. The lowest BCUT2D eigenvalue weighted by Gasteiger charge is -2.12. The predicted octanol–water partition coefficient (Wildman–Crippen LogP) is 5.70. The van der Waals surface area contributed by atoms with Crippen LogP contribution in [0.3, 0.4) is 0 Å². The maximum Gasteiger partial charge on any atom is 0.246 e. The SMILES string of the molecule is O=C(Cc1cn2ccsc2n1)N/N=C\c1c(-c2ccccc2)n(-c2ccccc2)c2ccccc12. The van der Waals surface area contributed by atoms with Crippen LogP contribution in [0.1, 0.15) is 11.3 Å². The molecule has 0 unspecified atom stereocenters. The van der Waals surface area contributed by atoms with Gasteiger partial charge in [-0.2, -0.15) is 5.10 Å². The Kier molecular flexibility index (Phi) is 5.44. The van der Waals surface area contributed by atoms with Gasteiger partial charge in [-0.05, 0) is 23.8 Å². The van der Waals surface area contributed by atoms with E-state index < -0.39 is 0 Å². The van der Waals surface area contributed by atoms with Gasteiger partial charge in [-0.25, -0.2) is 10.4 Å². The van der Waals surface area contributed by atoms with Gasteiger partial charge < -0.3 is 4.57 Å². The molecule has 6 nitrogen and oxygen atoms in total. The molecule has 3 aromatic heterocycles. The monoisotopic (exact) mass is 475 g/mol. The average molecular weight is 476 g/mol. The number of benzene rings is 3. The van der Waals surface area contributed by atoms with Crippen molar-refractivity contribution in [3.8, 4) is 16.9 Å². The second kappa shape index (κ2) is 9.04. The lowest BCUT2D eigenvalue weighted by Crippen LogP contribution is -2.20. The predicted molar refractivity (Wildman–Crippen MR) is 141 cm³/mol. The largest absolute Gasteiger partial charge is 0.309 e. The number of hydrogen-bond donors (Lipinski definition) is 1. The number of rotatable bonds is 6. The number of thiazole rings is 1. The second-order valence-electron chi connectivity index (χ2n) is 8.11. The molecule has 0 aliphatic heterocycles. The highest BCUT2D eigenvalue weighted by Gasteiger charge is 2.18. The third kappa shape index (κ3) is 4.02. The number of hydrazone groups is 1. The van der Waals surface area contributed by atoms with Gasteiger partial charge in [-0.3, -0.25) is 9.20 Å². The second-order valence-corrected chi connectivity index (χ2v) is 8.98. The number of para-hydroxylation sites is 2. The molecule has 0 bridgehead atoms. The molecule has 1 amide bonds. The Morgan fingerprint density at radius 2 is 1.71 bits per heavy atom. The Hall–Kier alpha value is -4.49. The summed E-state index contributed by atoms with van der Waals surface area (Å²) >= 11 is 1.54. The van der Waals surface area contributed by atoms with Gasteiger partial charge in [0.1, 0.15) is 0 Å². The summed E-state index contributed by atoms with van der Waals surface area (Å²) in [5, 5.41) is 7.38. The average Bonchev–Trinajstić information content (AvgIpc) is 3.57. The van der Waals surface area contributed by atoms with Crippen LogP contribution >= 0.6 is 11.3 Å². The molecule has 7 heteroatoms. The Morgan fingerprint density at radius 3 is 2.51 bits per heavy atom. The minimum absolute atomic E-state index is 0.170. The van der Waals surface area contributed by atoms with E-state index in [1.807, 2.05) is 70.7 Å². The van der Waals surface area contributed by atoms with Crippen LogP contribution in [0.5, 0.6) is 0 Å². The lowest BCUT2D eigenvalue weighted by atomic mass is 10.1. The molecule has 6 aromatic rings. The van der Waals surface area contributed by atoms with Crippen LogP contribution in [0.4, 0.5) is 0 Å². The van der Waals surface area contributed by atoms with Crippen LogP contribution in [-0.2, 0) is 11.2 Å². The van der Waals surface area contributed by atoms with E-state index in [0.29, 0.717) is 0 Å². The molecule has 0 saturated carbocycles. The highest BCUT2D eigenvalue weighted by atomic mass is 32.1. The Labute approximate surface area is 205 Å². The number of nitrogens with one attached hydrogen (secondary N) is 1. The van der Waals surface area contributed by atoms with E-state index in [0.717, 1.165) is 44.1 Å². The fraction of sp³-hybridized carbons (Fsp3) is 0.0357. The number of carbonyl (C=O) groups is 1. The maximum absolute atomic E-state index is 12.6. The van der Waals surface area contributed by atoms with E-state index in [1.54, 1.807) is 6.21 Å². The quantitative estimate of drug-likeness (QED) is 0.248. The van der Waals surface area contributed by atoms with Gasteiger partial charge in [0.05, 0.1) is 29.5 Å². The number of amides is 1. The summed E-state index contributed by atoms with van der Waals surface area (Å²) in [4.78, 5) is 17.9. The molecule has 6 rings (SSSR count). The van der Waals surface area contributed by atoms with E-state index in [-0.39, 0.29) is 12.3 Å². The molecule has 3 aromatic carbocycles. The highest BCUT2D eigenvalue weighted by molar-refractivity contribution is 7.15. The Bertz CT molecular complexity index is 1630. The summed E-state index contributed by atoms with van der Waals surface area (Å²) < 4.78 is 4.16. The summed E-state index contributed by atoms with van der Waals surface area (Å²) in [6.45, 7) is 0. The van der Waals surface area contributed by atoms with Crippen molar-refractivity contribution in [3.05, 3.63) is 114 Å². The van der Waals surface area contributed by atoms with Crippen molar-refractivity contribution in [2.24, 2.45) is 5.10 Å². The van der Waals surface area contributed by atoms with E-state index >= 15 is 0 Å². The third-order valence-corrected chi connectivity index (χ3v) is 6.61. The summed E-state index contributed by atoms with van der Waals surface area (Å²) in [6.07, 6.45) is 5.72. The van der Waals surface area contributed by atoms with Crippen molar-refractivity contribution < 1.29 is 4.79 Å². The molecule has 0 spiro atoms. The molecule has 1 N–H and O–H groups in total. The van der Waals surface area contributed by atoms with Crippen LogP contribution in [0.15, 0.2) is 108 Å². The molecule has 0 aliphatic carbocycles. The van der Waals surface area contributed by atoms with Crippen molar-refractivity contribution in [3.63, 3.8) is 0 Å². The molecule has 35 heavy (non-hydrogen) atoms. The van der Waals surface area contributed by atoms with Gasteiger partial charge in [0.15, 0.2) is 4.96 Å². The van der Waals surface area contributed by atoms with Crippen molar-refractivity contribution in [1.82, 2.24) is 19.4 Å². The first-order valence-electron chi connectivity index (χ1n) is 11.3. The van der Waals surface area contributed by atoms with E-state index in [1.165, 1.54) is 11.3 Å².